The molecule has 1 aromatic rings. The number of hydrogen-bond acceptors (Lipinski definition) is 3. The highest BCUT2D eigenvalue weighted by molar-refractivity contribution is 5.32. The van der Waals surface area contributed by atoms with Crippen LogP contribution in [0.25, 0.3) is 0 Å². The zero-order chi connectivity index (χ0) is 15.6. The minimum Gasteiger partial charge on any atom is -0.486 e. The van der Waals surface area contributed by atoms with Gasteiger partial charge in [0, 0.05) is 6.04 Å². The van der Waals surface area contributed by atoms with Crippen molar-refractivity contribution in [3.05, 3.63) is 29.8 Å². The smallest absolute Gasteiger partial charge is 0.137 e. The van der Waals surface area contributed by atoms with Gasteiger partial charge in [-0.05, 0) is 28.5 Å². The van der Waals surface area contributed by atoms with Crippen LogP contribution in [0.15, 0.2) is 24.3 Å². The SMILES string of the molecule is CC(C)(C)c1cccc(OC(CO)C(N)C(C)(C)C)c1. The van der Waals surface area contributed by atoms with Crippen LogP contribution in [-0.4, -0.2) is 23.9 Å². The van der Waals surface area contributed by atoms with E-state index < -0.39 is 6.10 Å². The lowest BCUT2D eigenvalue weighted by atomic mass is 9.84. The Morgan fingerprint density at radius 2 is 1.75 bits per heavy atom. The third kappa shape index (κ3) is 4.50. The maximum atomic E-state index is 9.55. The van der Waals surface area contributed by atoms with Crippen molar-refractivity contribution in [1.29, 1.82) is 0 Å². The van der Waals surface area contributed by atoms with E-state index in [9.17, 15) is 5.11 Å². The van der Waals surface area contributed by atoms with Gasteiger partial charge < -0.3 is 15.6 Å². The minimum absolute atomic E-state index is 0.0697. The van der Waals surface area contributed by atoms with Crippen molar-refractivity contribution in [3.8, 4) is 5.75 Å². The number of hydrogen-bond donors (Lipinski definition) is 2. The van der Waals surface area contributed by atoms with E-state index >= 15 is 0 Å². The molecule has 0 aliphatic rings. The number of nitrogens with two attached hydrogens (primary N) is 1. The fraction of sp³-hybridized carbons (Fsp3) is 0.647. The summed E-state index contributed by atoms with van der Waals surface area (Å²) in [4.78, 5) is 0. The van der Waals surface area contributed by atoms with Crippen LogP contribution >= 0.6 is 0 Å². The molecule has 0 bridgehead atoms. The molecule has 20 heavy (non-hydrogen) atoms. The minimum atomic E-state index is -0.398. The highest BCUT2D eigenvalue weighted by Gasteiger charge is 2.30. The van der Waals surface area contributed by atoms with E-state index in [1.165, 1.54) is 5.56 Å². The molecule has 0 amide bonds. The normalized spacial score (nSPS) is 15.8. The Morgan fingerprint density at radius 1 is 1.15 bits per heavy atom. The molecule has 0 fully saturated rings. The van der Waals surface area contributed by atoms with Crippen LogP contribution in [0.1, 0.15) is 47.1 Å². The largest absolute Gasteiger partial charge is 0.486 e. The van der Waals surface area contributed by atoms with Gasteiger partial charge in [-0.15, -0.1) is 0 Å². The van der Waals surface area contributed by atoms with Gasteiger partial charge in [0.05, 0.1) is 6.61 Å². The van der Waals surface area contributed by atoms with E-state index in [1.807, 2.05) is 18.2 Å². The Kier molecular flexibility index (Phi) is 5.22. The second-order valence-electron chi connectivity index (χ2n) is 7.51. The Morgan fingerprint density at radius 3 is 2.20 bits per heavy atom. The van der Waals surface area contributed by atoms with Crippen LogP contribution in [0.5, 0.6) is 5.75 Å². The van der Waals surface area contributed by atoms with Crippen molar-refractivity contribution in [2.45, 2.75) is 59.1 Å². The zero-order valence-corrected chi connectivity index (χ0v) is 13.6. The fourth-order valence-corrected chi connectivity index (χ4v) is 1.99. The topological polar surface area (TPSA) is 55.5 Å². The number of benzene rings is 1. The van der Waals surface area contributed by atoms with E-state index in [0.29, 0.717) is 0 Å². The molecule has 0 aromatic heterocycles. The molecule has 0 heterocycles. The average molecular weight is 279 g/mol. The monoisotopic (exact) mass is 279 g/mol. The van der Waals surface area contributed by atoms with Gasteiger partial charge in [-0.25, -0.2) is 0 Å². The van der Waals surface area contributed by atoms with Gasteiger partial charge in [0.15, 0.2) is 0 Å². The number of aliphatic hydroxyl groups is 1. The van der Waals surface area contributed by atoms with E-state index in [4.69, 9.17) is 10.5 Å². The van der Waals surface area contributed by atoms with Crippen LogP contribution in [0.3, 0.4) is 0 Å². The van der Waals surface area contributed by atoms with Gasteiger partial charge in [-0.3, -0.25) is 0 Å². The summed E-state index contributed by atoms with van der Waals surface area (Å²) in [5.74, 6) is 0.760. The summed E-state index contributed by atoms with van der Waals surface area (Å²) in [6, 6.07) is 7.77. The molecule has 114 valence electrons. The molecule has 0 saturated heterocycles. The van der Waals surface area contributed by atoms with Crippen LogP contribution in [0.4, 0.5) is 0 Å². The lowest BCUT2D eigenvalue weighted by molar-refractivity contribution is 0.0591. The second-order valence-corrected chi connectivity index (χ2v) is 7.51. The van der Waals surface area contributed by atoms with Crippen molar-refractivity contribution in [2.75, 3.05) is 6.61 Å². The number of rotatable bonds is 4. The molecule has 3 N–H and O–H groups in total. The first kappa shape index (κ1) is 17.0. The van der Waals surface area contributed by atoms with Crippen molar-refractivity contribution >= 4 is 0 Å². The quantitative estimate of drug-likeness (QED) is 0.890. The highest BCUT2D eigenvalue weighted by Crippen LogP contribution is 2.28. The van der Waals surface area contributed by atoms with Crippen LogP contribution in [-0.2, 0) is 5.41 Å². The third-order valence-electron chi connectivity index (χ3n) is 3.57. The van der Waals surface area contributed by atoms with Gasteiger partial charge >= 0.3 is 0 Å². The van der Waals surface area contributed by atoms with Crippen LogP contribution in [0.2, 0.25) is 0 Å². The molecule has 0 aliphatic heterocycles. The molecule has 1 aromatic carbocycles. The number of ether oxygens (including phenoxy) is 1. The predicted octanol–water partition coefficient (Wildman–Crippen LogP) is 3.10. The summed E-state index contributed by atoms with van der Waals surface area (Å²) >= 11 is 0. The van der Waals surface area contributed by atoms with E-state index in [1.54, 1.807) is 0 Å². The summed E-state index contributed by atoms with van der Waals surface area (Å²) in [6.07, 6.45) is -0.398. The van der Waals surface area contributed by atoms with Crippen LogP contribution < -0.4 is 10.5 Å². The standard InChI is InChI=1S/C17H29NO2/c1-16(2,3)12-8-7-9-13(10-12)20-14(11-19)15(18)17(4,5)6/h7-10,14-15,19H,11,18H2,1-6H3. The third-order valence-corrected chi connectivity index (χ3v) is 3.57. The lowest BCUT2D eigenvalue weighted by Crippen LogP contribution is -2.49. The molecule has 0 radical (unpaired) electrons. The maximum absolute atomic E-state index is 9.55. The Bertz CT molecular complexity index is 429. The van der Waals surface area contributed by atoms with Crippen molar-refractivity contribution in [3.63, 3.8) is 0 Å². The maximum Gasteiger partial charge on any atom is 0.137 e. The van der Waals surface area contributed by atoms with Crippen molar-refractivity contribution in [2.24, 2.45) is 11.1 Å². The molecule has 2 unspecified atom stereocenters. The first-order valence-corrected chi connectivity index (χ1v) is 7.19. The van der Waals surface area contributed by atoms with E-state index in [0.717, 1.165) is 5.75 Å². The summed E-state index contributed by atoms with van der Waals surface area (Å²) < 4.78 is 5.91. The summed E-state index contributed by atoms with van der Waals surface area (Å²) in [5, 5.41) is 9.55. The molecular formula is C17H29NO2. The summed E-state index contributed by atoms with van der Waals surface area (Å²) in [7, 11) is 0. The molecule has 3 heteroatoms. The zero-order valence-electron chi connectivity index (χ0n) is 13.6. The van der Waals surface area contributed by atoms with Gasteiger partial charge in [0.1, 0.15) is 11.9 Å². The average Bonchev–Trinajstić information content (AvgIpc) is 2.33. The highest BCUT2D eigenvalue weighted by atomic mass is 16.5. The van der Waals surface area contributed by atoms with Crippen LogP contribution in [0, 0.1) is 5.41 Å². The molecule has 0 aliphatic carbocycles. The second kappa shape index (κ2) is 6.15. The van der Waals surface area contributed by atoms with Gasteiger partial charge in [-0.2, -0.15) is 0 Å². The van der Waals surface area contributed by atoms with E-state index in [-0.39, 0.29) is 23.5 Å². The number of aliphatic hydroxyl groups excluding tert-OH is 1. The van der Waals surface area contributed by atoms with Crippen molar-refractivity contribution in [1.82, 2.24) is 0 Å². The first-order chi connectivity index (χ1) is 9.05. The first-order valence-electron chi connectivity index (χ1n) is 7.19. The summed E-state index contributed by atoms with van der Waals surface area (Å²) in [5.41, 5.74) is 7.35. The molecule has 3 nitrogen and oxygen atoms in total. The van der Waals surface area contributed by atoms with E-state index in [2.05, 4.69) is 47.6 Å². The summed E-state index contributed by atoms with van der Waals surface area (Å²) in [6.45, 7) is 12.6. The Balaban J connectivity index is 2.91. The Labute approximate surface area is 123 Å². The molecule has 0 spiro atoms. The predicted molar refractivity (Wildman–Crippen MR) is 84.1 cm³/mol. The van der Waals surface area contributed by atoms with Gasteiger partial charge in [0.2, 0.25) is 0 Å². The van der Waals surface area contributed by atoms with Crippen molar-refractivity contribution < 1.29 is 9.84 Å². The fourth-order valence-electron chi connectivity index (χ4n) is 1.99. The lowest BCUT2D eigenvalue weighted by Gasteiger charge is -2.33. The van der Waals surface area contributed by atoms with Gasteiger partial charge in [0.25, 0.3) is 0 Å². The van der Waals surface area contributed by atoms with Gasteiger partial charge in [-0.1, -0.05) is 53.7 Å². The Hall–Kier alpha value is -1.06. The molecular weight excluding hydrogens is 250 g/mol. The molecule has 0 saturated carbocycles. The molecule has 1 rings (SSSR count). The molecule has 2 atom stereocenters.